The maximum atomic E-state index is 13.0. The van der Waals surface area contributed by atoms with E-state index in [-0.39, 0.29) is 30.3 Å². The van der Waals surface area contributed by atoms with Crippen molar-refractivity contribution in [1.82, 2.24) is 0 Å². The van der Waals surface area contributed by atoms with Gasteiger partial charge in [-0.2, -0.15) is 0 Å². The zero-order valence-corrected chi connectivity index (χ0v) is 16.2. The van der Waals surface area contributed by atoms with E-state index in [9.17, 15) is 14.4 Å². The second-order valence-corrected chi connectivity index (χ2v) is 7.56. The summed E-state index contributed by atoms with van der Waals surface area (Å²) in [4.78, 5) is 38.9. The van der Waals surface area contributed by atoms with E-state index in [4.69, 9.17) is 9.47 Å². The zero-order chi connectivity index (χ0) is 19.6. The lowest BCUT2D eigenvalue weighted by Gasteiger charge is -2.35. The molecule has 1 fully saturated rings. The van der Waals surface area contributed by atoms with Gasteiger partial charge >= 0.3 is 5.97 Å². The van der Waals surface area contributed by atoms with E-state index < -0.39 is 12.1 Å². The summed E-state index contributed by atoms with van der Waals surface area (Å²) in [6, 6.07) is 5.04. The van der Waals surface area contributed by atoms with Crippen LogP contribution >= 0.6 is 0 Å². The molecule has 6 nitrogen and oxygen atoms in total. The molecule has 0 radical (unpaired) electrons. The predicted molar refractivity (Wildman–Crippen MR) is 101 cm³/mol. The quantitative estimate of drug-likeness (QED) is 0.563. The number of benzene rings is 1. The monoisotopic (exact) mass is 373 g/mol. The number of hydrogen-bond donors (Lipinski definition) is 0. The van der Waals surface area contributed by atoms with Crippen LogP contribution in [0.1, 0.15) is 63.2 Å². The Morgan fingerprint density at radius 3 is 2.59 bits per heavy atom. The van der Waals surface area contributed by atoms with Gasteiger partial charge < -0.3 is 9.47 Å². The van der Waals surface area contributed by atoms with Gasteiger partial charge in [0.15, 0.2) is 11.9 Å². The summed E-state index contributed by atoms with van der Waals surface area (Å²) in [6.07, 6.45) is 3.54. The largest absolute Gasteiger partial charge is 0.478 e. The maximum absolute atomic E-state index is 13.0. The van der Waals surface area contributed by atoms with Crippen molar-refractivity contribution in [2.75, 3.05) is 11.4 Å². The molecular weight excluding hydrogens is 346 g/mol. The molecule has 1 aromatic carbocycles. The fraction of sp³-hybridized carbons (Fsp3) is 0.571. The standard InChI is InChI=1S/C21H27NO5/c1-4-17(23)14-9-10-18-16(11-14)22(21(25)20(27-18)13(2)3)12-19(24)26-15-7-5-6-8-15/h9-11,13,15,20H,4-8,12H2,1-3H3. The number of fused-ring (bicyclic) bond motifs is 1. The summed E-state index contributed by atoms with van der Waals surface area (Å²) in [5.41, 5.74) is 0.962. The number of ketones is 1. The van der Waals surface area contributed by atoms with Crippen molar-refractivity contribution in [2.45, 2.75) is 65.1 Å². The van der Waals surface area contributed by atoms with Crippen molar-refractivity contribution < 1.29 is 23.9 Å². The molecule has 1 aromatic rings. The Bertz CT molecular complexity index is 736. The first kappa shape index (κ1) is 19.4. The number of carbonyl (C=O) groups excluding carboxylic acids is 3. The number of anilines is 1. The average Bonchev–Trinajstić information content (AvgIpc) is 3.15. The van der Waals surface area contributed by atoms with Crippen molar-refractivity contribution in [3.05, 3.63) is 23.8 Å². The summed E-state index contributed by atoms with van der Waals surface area (Å²) < 4.78 is 11.4. The molecule has 1 saturated carbocycles. The number of Topliss-reactive ketones (excluding diaryl/α,β-unsaturated/α-hetero) is 1. The lowest BCUT2D eigenvalue weighted by Crippen LogP contribution is -2.50. The van der Waals surface area contributed by atoms with Gasteiger partial charge in [0.1, 0.15) is 18.4 Å². The molecule has 27 heavy (non-hydrogen) atoms. The highest BCUT2D eigenvalue weighted by Crippen LogP contribution is 2.37. The number of hydrogen-bond acceptors (Lipinski definition) is 5. The fourth-order valence-electron chi connectivity index (χ4n) is 3.61. The molecule has 2 aliphatic rings. The number of rotatable bonds is 6. The Balaban J connectivity index is 1.88. The van der Waals surface area contributed by atoms with E-state index in [1.54, 1.807) is 25.1 Å². The molecule has 1 heterocycles. The second-order valence-electron chi connectivity index (χ2n) is 7.56. The first-order valence-electron chi connectivity index (χ1n) is 9.75. The summed E-state index contributed by atoms with van der Waals surface area (Å²) >= 11 is 0. The molecular formula is C21H27NO5. The highest BCUT2D eigenvalue weighted by Gasteiger charge is 2.38. The van der Waals surface area contributed by atoms with Crippen LogP contribution in [0.4, 0.5) is 5.69 Å². The van der Waals surface area contributed by atoms with Gasteiger partial charge in [-0.1, -0.05) is 20.8 Å². The number of carbonyl (C=O) groups is 3. The lowest BCUT2D eigenvalue weighted by atomic mass is 10.0. The Hall–Kier alpha value is -2.37. The van der Waals surface area contributed by atoms with Crippen LogP contribution in [0.15, 0.2) is 18.2 Å². The first-order chi connectivity index (χ1) is 12.9. The van der Waals surface area contributed by atoms with Crippen molar-refractivity contribution in [3.8, 4) is 5.75 Å². The molecule has 1 amide bonds. The van der Waals surface area contributed by atoms with Crippen LogP contribution < -0.4 is 9.64 Å². The third-order valence-corrected chi connectivity index (χ3v) is 5.15. The summed E-state index contributed by atoms with van der Waals surface area (Å²) in [7, 11) is 0. The third-order valence-electron chi connectivity index (χ3n) is 5.15. The first-order valence-corrected chi connectivity index (χ1v) is 9.75. The molecule has 0 spiro atoms. The number of esters is 1. The van der Waals surface area contributed by atoms with E-state index in [0.29, 0.717) is 23.4 Å². The van der Waals surface area contributed by atoms with E-state index in [1.807, 2.05) is 13.8 Å². The van der Waals surface area contributed by atoms with Crippen LogP contribution in [0, 0.1) is 5.92 Å². The van der Waals surface area contributed by atoms with E-state index in [2.05, 4.69) is 0 Å². The molecule has 0 saturated heterocycles. The average molecular weight is 373 g/mol. The van der Waals surface area contributed by atoms with Crippen LogP contribution in [0.25, 0.3) is 0 Å². The van der Waals surface area contributed by atoms with Crippen LogP contribution in [-0.4, -0.2) is 36.4 Å². The zero-order valence-electron chi connectivity index (χ0n) is 16.2. The van der Waals surface area contributed by atoms with Crippen molar-refractivity contribution >= 4 is 23.3 Å². The Labute approximate surface area is 159 Å². The van der Waals surface area contributed by atoms with E-state index in [1.165, 1.54) is 4.90 Å². The number of ether oxygens (including phenoxy) is 2. The van der Waals surface area contributed by atoms with Gasteiger partial charge in [-0.3, -0.25) is 19.3 Å². The van der Waals surface area contributed by atoms with Crippen molar-refractivity contribution in [1.29, 1.82) is 0 Å². The molecule has 146 valence electrons. The topological polar surface area (TPSA) is 72.9 Å². The Kier molecular flexibility index (Phi) is 5.82. The molecule has 0 aromatic heterocycles. The second kappa shape index (κ2) is 8.11. The molecule has 0 N–H and O–H groups in total. The van der Waals surface area contributed by atoms with Gasteiger partial charge in [0.25, 0.3) is 5.91 Å². The van der Waals surface area contributed by atoms with Crippen LogP contribution in [-0.2, 0) is 14.3 Å². The normalized spacial score (nSPS) is 19.8. The molecule has 6 heteroatoms. The molecule has 0 bridgehead atoms. The molecule has 1 unspecified atom stereocenters. The van der Waals surface area contributed by atoms with Gasteiger partial charge in [-0.15, -0.1) is 0 Å². The van der Waals surface area contributed by atoms with E-state index in [0.717, 1.165) is 25.7 Å². The Morgan fingerprint density at radius 2 is 1.96 bits per heavy atom. The molecule has 3 rings (SSSR count). The molecule has 1 aliphatic heterocycles. The number of amides is 1. The maximum Gasteiger partial charge on any atom is 0.326 e. The summed E-state index contributed by atoms with van der Waals surface area (Å²) in [5, 5.41) is 0. The predicted octanol–water partition coefficient (Wildman–Crippen LogP) is 3.52. The highest BCUT2D eigenvalue weighted by molar-refractivity contribution is 6.05. The van der Waals surface area contributed by atoms with Gasteiger partial charge in [-0.25, -0.2) is 0 Å². The van der Waals surface area contributed by atoms with Crippen LogP contribution in [0.3, 0.4) is 0 Å². The molecule has 1 atom stereocenters. The van der Waals surface area contributed by atoms with E-state index >= 15 is 0 Å². The number of nitrogens with zero attached hydrogens (tertiary/aromatic N) is 1. The van der Waals surface area contributed by atoms with Gasteiger partial charge in [0, 0.05) is 12.0 Å². The Morgan fingerprint density at radius 1 is 1.26 bits per heavy atom. The highest BCUT2D eigenvalue weighted by atomic mass is 16.5. The van der Waals surface area contributed by atoms with Gasteiger partial charge in [0.2, 0.25) is 0 Å². The van der Waals surface area contributed by atoms with Crippen LogP contribution in [0.2, 0.25) is 0 Å². The minimum Gasteiger partial charge on any atom is -0.478 e. The SMILES string of the molecule is CCC(=O)c1ccc2c(c1)N(CC(=O)OC1CCCC1)C(=O)C(C(C)C)O2. The lowest BCUT2D eigenvalue weighted by molar-refractivity contribution is -0.148. The van der Waals surface area contributed by atoms with Crippen LogP contribution in [0.5, 0.6) is 5.75 Å². The summed E-state index contributed by atoms with van der Waals surface area (Å²) in [6.45, 7) is 5.42. The summed E-state index contributed by atoms with van der Waals surface area (Å²) in [5.74, 6) is -0.255. The van der Waals surface area contributed by atoms with Crippen molar-refractivity contribution in [3.63, 3.8) is 0 Å². The minimum absolute atomic E-state index is 0.0234. The van der Waals surface area contributed by atoms with Gasteiger partial charge in [0.05, 0.1) is 5.69 Å². The molecule has 1 aliphatic carbocycles. The third kappa shape index (κ3) is 4.15. The minimum atomic E-state index is -0.662. The van der Waals surface area contributed by atoms with Crippen molar-refractivity contribution in [2.24, 2.45) is 5.92 Å². The smallest absolute Gasteiger partial charge is 0.326 e. The fourth-order valence-corrected chi connectivity index (χ4v) is 3.61. The van der Waals surface area contributed by atoms with Gasteiger partial charge in [-0.05, 0) is 49.8 Å².